The van der Waals surface area contributed by atoms with Gasteiger partial charge in [-0.1, -0.05) is 49.1 Å². The Kier molecular flexibility index (Phi) is 6.44. The molecule has 0 bridgehead atoms. The number of hydrogen-bond acceptors (Lipinski definition) is 3. The SMILES string of the molecule is COC=O.Cc1ccc(C(N)CC2CCC2)cc1. The van der Waals surface area contributed by atoms with Crippen molar-refractivity contribution in [3.8, 4) is 0 Å². The van der Waals surface area contributed by atoms with Crippen LogP contribution < -0.4 is 5.73 Å². The first-order valence-corrected chi connectivity index (χ1v) is 6.46. The molecule has 0 saturated heterocycles. The summed E-state index contributed by atoms with van der Waals surface area (Å²) >= 11 is 0. The van der Waals surface area contributed by atoms with Crippen molar-refractivity contribution in [3.05, 3.63) is 35.4 Å². The monoisotopic (exact) mass is 249 g/mol. The van der Waals surface area contributed by atoms with E-state index in [1.54, 1.807) is 0 Å². The van der Waals surface area contributed by atoms with Gasteiger partial charge in [-0.05, 0) is 24.8 Å². The highest BCUT2D eigenvalue weighted by Gasteiger charge is 2.20. The van der Waals surface area contributed by atoms with Crippen LogP contribution in [0.15, 0.2) is 24.3 Å². The molecule has 1 fully saturated rings. The summed E-state index contributed by atoms with van der Waals surface area (Å²) < 4.78 is 3.86. The van der Waals surface area contributed by atoms with Crippen LogP contribution in [0.1, 0.15) is 42.9 Å². The molecule has 1 aromatic carbocycles. The van der Waals surface area contributed by atoms with E-state index in [-0.39, 0.29) is 6.04 Å². The fraction of sp³-hybridized carbons (Fsp3) is 0.533. The summed E-state index contributed by atoms with van der Waals surface area (Å²) in [7, 11) is 1.31. The van der Waals surface area contributed by atoms with Crippen molar-refractivity contribution < 1.29 is 9.53 Å². The predicted octanol–water partition coefficient (Wildman–Crippen LogP) is 2.97. The van der Waals surface area contributed by atoms with Crippen LogP contribution in [0, 0.1) is 12.8 Å². The molecule has 2 rings (SSSR count). The van der Waals surface area contributed by atoms with E-state index >= 15 is 0 Å². The Balaban J connectivity index is 0.000000357. The van der Waals surface area contributed by atoms with Gasteiger partial charge in [0.1, 0.15) is 0 Å². The molecule has 0 amide bonds. The van der Waals surface area contributed by atoms with E-state index in [0.717, 1.165) is 5.92 Å². The second-order valence-electron chi connectivity index (χ2n) is 4.88. The van der Waals surface area contributed by atoms with Crippen LogP contribution in [0.4, 0.5) is 0 Å². The van der Waals surface area contributed by atoms with E-state index in [1.165, 1.54) is 43.9 Å². The molecular formula is C15H23NO2. The van der Waals surface area contributed by atoms with E-state index in [0.29, 0.717) is 6.47 Å². The van der Waals surface area contributed by atoms with Gasteiger partial charge >= 0.3 is 0 Å². The highest BCUT2D eigenvalue weighted by molar-refractivity contribution is 5.36. The molecule has 3 heteroatoms. The van der Waals surface area contributed by atoms with Gasteiger partial charge in [-0.25, -0.2) is 0 Å². The Morgan fingerprint density at radius 3 is 2.33 bits per heavy atom. The minimum absolute atomic E-state index is 0.251. The van der Waals surface area contributed by atoms with Crippen LogP contribution in [0.3, 0.4) is 0 Å². The molecule has 1 aliphatic carbocycles. The molecule has 0 spiro atoms. The van der Waals surface area contributed by atoms with Crippen LogP contribution in [-0.2, 0) is 9.53 Å². The average molecular weight is 249 g/mol. The highest BCUT2D eigenvalue weighted by atomic mass is 16.5. The molecule has 1 saturated carbocycles. The van der Waals surface area contributed by atoms with Crippen molar-refractivity contribution >= 4 is 6.47 Å². The zero-order valence-corrected chi connectivity index (χ0v) is 11.3. The van der Waals surface area contributed by atoms with Gasteiger partial charge in [0.15, 0.2) is 0 Å². The normalized spacial score (nSPS) is 15.9. The lowest BCUT2D eigenvalue weighted by Gasteiger charge is -2.28. The number of nitrogens with two attached hydrogens (primary N) is 1. The van der Waals surface area contributed by atoms with Gasteiger partial charge < -0.3 is 10.5 Å². The van der Waals surface area contributed by atoms with E-state index in [9.17, 15) is 0 Å². The molecule has 18 heavy (non-hydrogen) atoms. The molecule has 2 N–H and O–H groups in total. The third-order valence-electron chi connectivity index (χ3n) is 3.41. The largest absolute Gasteiger partial charge is 0.471 e. The Morgan fingerprint density at radius 1 is 1.39 bits per heavy atom. The topological polar surface area (TPSA) is 52.3 Å². The Bertz CT molecular complexity index is 344. The second kappa shape index (κ2) is 7.88. The molecule has 1 aromatic rings. The summed E-state index contributed by atoms with van der Waals surface area (Å²) in [4.78, 5) is 8.95. The fourth-order valence-corrected chi connectivity index (χ4v) is 2.04. The van der Waals surface area contributed by atoms with Gasteiger partial charge in [-0.3, -0.25) is 4.79 Å². The van der Waals surface area contributed by atoms with Crippen molar-refractivity contribution in [1.82, 2.24) is 0 Å². The standard InChI is InChI=1S/C13H19N.C2H4O2/c1-10-5-7-12(8-6-10)13(14)9-11-3-2-4-11;1-4-2-3/h5-8,11,13H,2-4,9,14H2,1H3;2H,1H3. The number of carbonyl (C=O) groups excluding carboxylic acids is 1. The number of benzene rings is 1. The molecule has 0 heterocycles. The highest BCUT2D eigenvalue weighted by Crippen LogP contribution is 2.33. The second-order valence-corrected chi connectivity index (χ2v) is 4.88. The minimum Gasteiger partial charge on any atom is -0.471 e. The summed E-state index contributed by atoms with van der Waals surface area (Å²) in [6, 6.07) is 8.88. The molecule has 0 aromatic heterocycles. The molecule has 3 nitrogen and oxygen atoms in total. The predicted molar refractivity (Wildman–Crippen MR) is 73.1 cm³/mol. The summed E-state index contributed by atoms with van der Waals surface area (Å²) in [5, 5.41) is 0. The fourth-order valence-electron chi connectivity index (χ4n) is 2.04. The van der Waals surface area contributed by atoms with Crippen LogP contribution in [0.5, 0.6) is 0 Å². The van der Waals surface area contributed by atoms with Crippen LogP contribution >= 0.6 is 0 Å². The number of methoxy groups -OCH3 is 1. The van der Waals surface area contributed by atoms with Gasteiger partial charge in [-0.2, -0.15) is 0 Å². The third kappa shape index (κ3) is 4.88. The lowest BCUT2D eigenvalue weighted by molar-refractivity contribution is -0.126. The van der Waals surface area contributed by atoms with Crippen molar-refractivity contribution in [2.24, 2.45) is 11.7 Å². The molecule has 0 aliphatic heterocycles. The Labute approximate surface area is 109 Å². The van der Waals surface area contributed by atoms with Gasteiger partial charge in [0.2, 0.25) is 0 Å². The lowest BCUT2D eigenvalue weighted by Crippen LogP contribution is -2.19. The Hall–Kier alpha value is -1.35. The summed E-state index contributed by atoms with van der Waals surface area (Å²) in [6.07, 6.45) is 5.35. The zero-order chi connectivity index (χ0) is 13.4. The molecular weight excluding hydrogens is 226 g/mol. The first-order valence-electron chi connectivity index (χ1n) is 6.46. The summed E-state index contributed by atoms with van der Waals surface area (Å²) in [6.45, 7) is 2.49. The van der Waals surface area contributed by atoms with E-state index < -0.39 is 0 Å². The van der Waals surface area contributed by atoms with Crippen molar-refractivity contribution in [1.29, 1.82) is 0 Å². The van der Waals surface area contributed by atoms with Gasteiger partial charge in [0.05, 0.1) is 7.11 Å². The smallest absolute Gasteiger partial charge is 0.292 e. The molecule has 100 valence electrons. The van der Waals surface area contributed by atoms with Crippen LogP contribution in [0.25, 0.3) is 0 Å². The lowest BCUT2D eigenvalue weighted by atomic mass is 9.80. The number of carbonyl (C=O) groups is 1. The van der Waals surface area contributed by atoms with Crippen molar-refractivity contribution in [2.45, 2.75) is 38.6 Å². The number of hydrogen-bond donors (Lipinski definition) is 1. The van der Waals surface area contributed by atoms with Gasteiger partial charge in [0, 0.05) is 6.04 Å². The minimum atomic E-state index is 0.251. The molecule has 1 atom stereocenters. The van der Waals surface area contributed by atoms with Crippen LogP contribution in [0.2, 0.25) is 0 Å². The quantitative estimate of drug-likeness (QED) is 0.835. The van der Waals surface area contributed by atoms with Crippen molar-refractivity contribution in [3.63, 3.8) is 0 Å². The van der Waals surface area contributed by atoms with Gasteiger partial charge in [0.25, 0.3) is 6.47 Å². The maximum absolute atomic E-state index is 8.95. The first-order chi connectivity index (χ1) is 8.67. The van der Waals surface area contributed by atoms with E-state index in [1.807, 2.05) is 0 Å². The van der Waals surface area contributed by atoms with Crippen molar-refractivity contribution in [2.75, 3.05) is 7.11 Å². The molecule has 1 aliphatic rings. The Morgan fingerprint density at radius 2 is 1.94 bits per heavy atom. The number of ether oxygens (including phenoxy) is 1. The van der Waals surface area contributed by atoms with E-state index in [4.69, 9.17) is 10.5 Å². The first kappa shape index (κ1) is 14.7. The van der Waals surface area contributed by atoms with Gasteiger partial charge in [-0.15, -0.1) is 0 Å². The summed E-state index contributed by atoms with van der Waals surface area (Å²) in [5.41, 5.74) is 8.76. The average Bonchev–Trinajstić information content (AvgIpc) is 2.35. The summed E-state index contributed by atoms with van der Waals surface area (Å²) in [5.74, 6) is 0.895. The third-order valence-corrected chi connectivity index (χ3v) is 3.41. The number of rotatable bonds is 4. The van der Waals surface area contributed by atoms with Crippen LogP contribution in [-0.4, -0.2) is 13.6 Å². The zero-order valence-electron chi connectivity index (χ0n) is 11.3. The maximum atomic E-state index is 8.95. The molecule has 1 unspecified atom stereocenters. The molecule has 0 radical (unpaired) electrons. The van der Waals surface area contributed by atoms with E-state index in [2.05, 4.69) is 35.9 Å². The number of aryl methyl sites for hydroxylation is 1. The maximum Gasteiger partial charge on any atom is 0.292 e.